The van der Waals surface area contributed by atoms with Crippen molar-refractivity contribution in [3.05, 3.63) is 35.9 Å². The molecule has 3 rings (SSSR count). The van der Waals surface area contributed by atoms with Crippen LogP contribution in [0, 0.1) is 0 Å². The lowest BCUT2D eigenvalue weighted by molar-refractivity contribution is -0.132. The van der Waals surface area contributed by atoms with Crippen molar-refractivity contribution in [1.82, 2.24) is 20.0 Å². The van der Waals surface area contributed by atoms with Crippen molar-refractivity contribution >= 4 is 11.8 Å². The first-order valence-electron chi connectivity index (χ1n) is 10.2. The summed E-state index contributed by atoms with van der Waals surface area (Å²) in [5, 5.41) is 3.28. The van der Waals surface area contributed by atoms with Crippen LogP contribution in [0.4, 0.5) is 0 Å². The molecule has 1 aromatic rings. The molecule has 2 aliphatic heterocycles. The molecule has 0 spiro atoms. The smallest absolute Gasteiger partial charge is 0.223 e. The second-order valence-corrected chi connectivity index (χ2v) is 7.44. The Kier molecular flexibility index (Phi) is 7.66. The molecular weight excluding hydrogens is 340 g/mol. The molecule has 0 atom stereocenters. The molecule has 6 nitrogen and oxygen atoms in total. The normalized spacial score (nSPS) is 19.0. The van der Waals surface area contributed by atoms with Crippen molar-refractivity contribution in [2.24, 2.45) is 0 Å². The fourth-order valence-electron chi connectivity index (χ4n) is 3.82. The molecule has 0 saturated carbocycles. The first kappa shape index (κ1) is 19.8. The van der Waals surface area contributed by atoms with Crippen LogP contribution in [-0.4, -0.2) is 85.4 Å². The van der Waals surface area contributed by atoms with E-state index in [1.807, 2.05) is 28.0 Å². The minimum atomic E-state index is 0.248. The predicted molar refractivity (Wildman–Crippen MR) is 106 cm³/mol. The number of nitrogens with one attached hydrogen (secondary N) is 1. The van der Waals surface area contributed by atoms with Gasteiger partial charge in [0.15, 0.2) is 0 Å². The monoisotopic (exact) mass is 372 g/mol. The summed E-state index contributed by atoms with van der Waals surface area (Å²) in [7, 11) is 0. The lowest BCUT2D eigenvalue weighted by atomic mass is 10.1. The number of nitrogens with zero attached hydrogens (tertiary/aromatic N) is 3. The molecule has 0 bridgehead atoms. The van der Waals surface area contributed by atoms with E-state index in [4.69, 9.17) is 0 Å². The van der Waals surface area contributed by atoms with Gasteiger partial charge in [0.1, 0.15) is 0 Å². The van der Waals surface area contributed by atoms with Gasteiger partial charge in [-0.3, -0.25) is 9.59 Å². The number of rotatable bonds is 6. The Bertz CT molecular complexity index is 601. The summed E-state index contributed by atoms with van der Waals surface area (Å²) in [6.45, 7) is 7.68. The first-order chi connectivity index (χ1) is 13.2. The van der Waals surface area contributed by atoms with Crippen molar-refractivity contribution in [3.63, 3.8) is 0 Å². The van der Waals surface area contributed by atoms with Gasteiger partial charge in [0.05, 0.1) is 0 Å². The third-order valence-corrected chi connectivity index (χ3v) is 5.52. The maximum Gasteiger partial charge on any atom is 0.223 e. The Morgan fingerprint density at radius 1 is 0.815 bits per heavy atom. The van der Waals surface area contributed by atoms with Crippen LogP contribution in [0.5, 0.6) is 0 Å². The number of hydrogen-bond donors (Lipinski definition) is 1. The molecule has 1 N–H and O–H groups in total. The Balaban J connectivity index is 1.37. The number of piperazine rings is 1. The lowest BCUT2D eigenvalue weighted by Gasteiger charge is -2.28. The van der Waals surface area contributed by atoms with E-state index in [2.05, 4.69) is 22.3 Å². The van der Waals surface area contributed by atoms with E-state index in [1.165, 1.54) is 5.56 Å². The van der Waals surface area contributed by atoms with Gasteiger partial charge in [-0.05, 0) is 24.9 Å². The zero-order chi connectivity index (χ0) is 18.9. The van der Waals surface area contributed by atoms with Crippen molar-refractivity contribution in [3.8, 4) is 0 Å². The quantitative estimate of drug-likeness (QED) is 0.809. The summed E-state index contributed by atoms with van der Waals surface area (Å²) in [4.78, 5) is 31.2. The number of hydrogen-bond acceptors (Lipinski definition) is 4. The molecule has 2 amide bonds. The SMILES string of the molecule is O=C(CCN1CCCN(C(=O)CCc2ccccc2)CC1)N1CCNCC1. The average molecular weight is 373 g/mol. The minimum Gasteiger partial charge on any atom is -0.341 e. The summed E-state index contributed by atoms with van der Waals surface area (Å²) < 4.78 is 0. The summed E-state index contributed by atoms with van der Waals surface area (Å²) in [6.07, 6.45) is 2.95. The molecule has 2 fully saturated rings. The number of benzene rings is 1. The van der Waals surface area contributed by atoms with E-state index in [0.29, 0.717) is 12.8 Å². The summed E-state index contributed by atoms with van der Waals surface area (Å²) in [6, 6.07) is 10.2. The highest BCUT2D eigenvalue weighted by atomic mass is 16.2. The predicted octanol–water partition coefficient (Wildman–Crippen LogP) is 0.975. The zero-order valence-corrected chi connectivity index (χ0v) is 16.2. The van der Waals surface area contributed by atoms with Gasteiger partial charge in [-0.25, -0.2) is 0 Å². The lowest BCUT2D eigenvalue weighted by Crippen LogP contribution is -2.47. The van der Waals surface area contributed by atoms with Crippen LogP contribution in [0.2, 0.25) is 0 Å². The van der Waals surface area contributed by atoms with Crippen molar-refractivity contribution in [1.29, 1.82) is 0 Å². The molecule has 0 aliphatic carbocycles. The number of carbonyl (C=O) groups excluding carboxylic acids is 2. The topological polar surface area (TPSA) is 55.9 Å². The molecule has 2 aliphatic rings. The van der Waals surface area contributed by atoms with Gasteiger partial charge in [0.25, 0.3) is 0 Å². The molecule has 2 saturated heterocycles. The zero-order valence-electron chi connectivity index (χ0n) is 16.2. The summed E-state index contributed by atoms with van der Waals surface area (Å²) >= 11 is 0. The maximum atomic E-state index is 12.5. The van der Waals surface area contributed by atoms with Gasteiger partial charge in [0, 0.05) is 65.2 Å². The van der Waals surface area contributed by atoms with Gasteiger partial charge in [0.2, 0.25) is 11.8 Å². The van der Waals surface area contributed by atoms with Crippen LogP contribution in [0.15, 0.2) is 30.3 Å². The van der Waals surface area contributed by atoms with Crippen molar-refractivity contribution in [2.45, 2.75) is 25.7 Å². The van der Waals surface area contributed by atoms with Crippen LogP contribution in [-0.2, 0) is 16.0 Å². The summed E-state index contributed by atoms with van der Waals surface area (Å²) in [5.74, 6) is 0.508. The van der Waals surface area contributed by atoms with E-state index < -0.39 is 0 Å². The second-order valence-electron chi connectivity index (χ2n) is 7.44. The number of aryl methyl sites for hydroxylation is 1. The second kappa shape index (κ2) is 10.4. The third-order valence-electron chi connectivity index (χ3n) is 5.52. The molecule has 0 unspecified atom stereocenters. The van der Waals surface area contributed by atoms with E-state index in [-0.39, 0.29) is 11.8 Å². The summed E-state index contributed by atoms with van der Waals surface area (Å²) in [5.41, 5.74) is 1.22. The third kappa shape index (κ3) is 6.33. The molecule has 0 radical (unpaired) electrons. The van der Waals surface area contributed by atoms with E-state index in [9.17, 15) is 9.59 Å². The molecule has 0 aromatic heterocycles. The Morgan fingerprint density at radius 3 is 2.30 bits per heavy atom. The van der Waals surface area contributed by atoms with Crippen molar-refractivity contribution in [2.75, 3.05) is 58.9 Å². The molecule has 6 heteroatoms. The van der Waals surface area contributed by atoms with E-state index >= 15 is 0 Å². The molecule has 148 valence electrons. The van der Waals surface area contributed by atoms with Crippen molar-refractivity contribution < 1.29 is 9.59 Å². The molecule has 1 aromatic carbocycles. The Labute approximate surface area is 162 Å². The number of amides is 2. The van der Waals surface area contributed by atoms with Crippen LogP contribution >= 0.6 is 0 Å². The number of carbonyl (C=O) groups is 2. The fourth-order valence-corrected chi connectivity index (χ4v) is 3.82. The van der Waals surface area contributed by atoms with Gasteiger partial charge < -0.3 is 20.0 Å². The largest absolute Gasteiger partial charge is 0.341 e. The van der Waals surface area contributed by atoms with Gasteiger partial charge in [-0.15, -0.1) is 0 Å². The molecule has 27 heavy (non-hydrogen) atoms. The van der Waals surface area contributed by atoms with Crippen LogP contribution in [0.1, 0.15) is 24.8 Å². The minimum absolute atomic E-state index is 0.248. The highest BCUT2D eigenvalue weighted by Crippen LogP contribution is 2.09. The standard InChI is InChI=1S/C21H32N4O2/c26-20(8-7-19-5-2-1-3-6-19)24-13-4-12-23(17-18-24)14-9-21(27)25-15-10-22-11-16-25/h1-3,5-6,22H,4,7-18H2. The van der Waals surface area contributed by atoms with Gasteiger partial charge in [-0.1, -0.05) is 30.3 Å². The highest BCUT2D eigenvalue weighted by Gasteiger charge is 2.21. The maximum absolute atomic E-state index is 12.5. The Hall–Kier alpha value is -1.92. The van der Waals surface area contributed by atoms with E-state index in [1.54, 1.807) is 0 Å². The molecular formula is C21H32N4O2. The van der Waals surface area contributed by atoms with Crippen LogP contribution in [0.3, 0.4) is 0 Å². The Morgan fingerprint density at radius 2 is 1.52 bits per heavy atom. The van der Waals surface area contributed by atoms with Gasteiger partial charge >= 0.3 is 0 Å². The van der Waals surface area contributed by atoms with E-state index in [0.717, 1.165) is 71.7 Å². The first-order valence-corrected chi connectivity index (χ1v) is 10.2. The fraction of sp³-hybridized carbons (Fsp3) is 0.619. The van der Waals surface area contributed by atoms with Gasteiger partial charge in [-0.2, -0.15) is 0 Å². The highest BCUT2D eigenvalue weighted by molar-refractivity contribution is 5.77. The molecule has 2 heterocycles. The average Bonchev–Trinajstić information content (AvgIpc) is 2.97. The van der Waals surface area contributed by atoms with Crippen LogP contribution in [0.25, 0.3) is 0 Å². The van der Waals surface area contributed by atoms with Crippen LogP contribution < -0.4 is 5.32 Å².